The van der Waals surface area contributed by atoms with Crippen LogP contribution in [-0.4, -0.2) is 62.3 Å². The predicted molar refractivity (Wildman–Crippen MR) is 107 cm³/mol. The Morgan fingerprint density at radius 1 is 1.29 bits per heavy atom. The lowest BCUT2D eigenvalue weighted by atomic mass is 10.2. The maximum atomic E-state index is 12.7. The second kappa shape index (κ2) is 9.54. The maximum Gasteiger partial charge on any atom is 0.340 e. The molecule has 1 fully saturated rings. The van der Waals surface area contributed by atoms with Crippen molar-refractivity contribution in [2.75, 3.05) is 32.8 Å². The smallest absolute Gasteiger partial charge is 0.340 e. The number of benzene rings is 1. The number of sulfonamides is 1. The fraction of sp³-hybridized carbons (Fsp3) is 0.474. The fourth-order valence-corrected chi connectivity index (χ4v) is 4.64. The van der Waals surface area contributed by atoms with Gasteiger partial charge in [-0.05, 0) is 44.9 Å². The minimum absolute atomic E-state index is 0.0189. The zero-order chi connectivity index (χ0) is 20.9. The Kier molecular flexibility index (Phi) is 7.63. The molecule has 0 bridgehead atoms. The molecule has 0 N–H and O–H groups in total. The molecule has 28 heavy (non-hydrogen) atoms. The van der Waals surface area contributed by atoms with E-state index in [0.29, 0.717) is 26.2 Å². The van der Waals surface area contributed by atoms with E-state index in [1.807, 2.05) is 6.92 Å². The number of nitrogens with zero attached hydrogens (tertiary/aromatic N) is 2. The monoisotopic (exact) mass is 428 g/mol. The molecule has 0 unspecified atom stereocenters. The molecule has 1 saturated heterocycles. The Bertz CT molecular complexity index is 863. The molecule has 1 heterocycles. The highest BCUT2D eigenvalue weighted by atomic mass is 35.5. The van der Waals surface area contributed by atoms with Crippen LogP contribution in [0.1, 0.15) is 37.0 Å². The number of halogens is 1. The van der Waals surface area contributed by atoms with E-state index in [0.717, 1.165) is 18.4 Å². The first kappa shape index (κ1) is 22.4. The van der Waals surface area contributed by atoms with Crippen LogP contribution in [0.2, 0.25) is 5.02 Å². The lowest BCUT2D eigenvalue weighted by Gasteiger charge is -2.20. The summed E-state index contributed by atoms with van der Waals surface area (Å²) in [5, 5.41) is 0.0621. The number of ether oxygens (including phenoxy) is 1. The average molecular weight is 429 g/mol. The Morgan fingerprint density at radius 2 is 1.93 bits per heavy atom. The lowest BCUT2D eigenvalue weighted by Crippen LogP contribution is -2.35. The maximum absolute atomic E-state index is 12.7. The summed E-state index contributed by atoms with van der Waals surface area (Å²) in [7, 11) is -3.69. The summed E-state index contributed by atoms with van der Waals surface area (Å²) < 4.78 is 31.8. The summed E-state index contributed by atoms with van der Waals surface area (Å²) >= 11 is 6.06. The van der Waals surface area contributed by atoms with Gasteiger partial charge in [0.15, 0.2) is 6.61 Å². The van der Waals surface area contributed by atoms with E-state index in [9.17, 15) is 18.0 Å². The Hall–Kier alpha value is -1.90. The molecule has 2 rings (SSSR count). The Labute approximate surface area is 171 Å². The summed E-state index contributed by atoms with van der Waals surface area (Å²) in [5.41, 5.74) is 0.724. The molecule has 1 amide bonds. The van der Waals surface area contributed by atoms with Crippen LogP contribution >= 0.6 is 11.6 Å². The zero-order valence-electron chi connectivity index (χ0n) is 16.1. The van der Waals surface area contributed by atoms with E-state index in [-0.39, 0.29) is 21.4 Å². The van der Waals surface area contributed by atoms with Crippen molar-refractivity contribution >= 4 is 33.5 Å². The topological polar surface area (TPSA) is 84.0 Å². The van der Waals surface area contributed by atoms with Crippen LogP contribution in [0, 0.1) is 0 Å². The van der Waals surface area contributed by atoms with Crippen molar-refractivity contribution in [1.29, 1.82) is 0 Å². The van der Waals surface area contributed by atoms with Gasteiger partial charge in [0.2, 0.25) is 10.0 Å². The molecule has 1 aromatic carbocycles. The van der Waals surface area contributed by atoms with Gasteiger partial charge in [-0.2, -0.15) is 4.31 Å². The number of esters is 1. The van der Waals surface area contributed by atoms with E-state index in [2.05, 4.69) is 6.58 Å². The molecule has 0 radical (unpaired) electrons. The summed E-state index contributed by atoms with van der Waals surface area (Å²) in [6.07, 6.45) is 1.61. The second-order valence-corrected chi connectivity index (χ2v) is 9.04. The van der Waals surface area contributed by atoms with Gasteiger partial charge in [0.1, 0.15) is 0 Å². The molecular formula is C19H25ClN2O5S. The summed E-state index contributed by atoms with van der Waals surface area (Å²) in [6, 6.07) is 3.92. The number of carbonyl (C=O) groups excluding carboxylic acids is 2. The van der Waals surface area contributed by atoms with Gasteiger partial charge >= 0.3 is 5.97 Å². The predicted octanol–water partition coefficient (Wildman–Crippen LogP) is 2.71. The lowest BCUT2D eigenvalue weighted by molar-refractivity contribution is -0.133. The van der Waals surface area contributed by atoms with Crippen molar-refractivity contribution in [3.05, 3.63) is 40.9 Å². The number of rotatable bonds is 8. The number of amides is 1. The first-order valence-corrected chi connectivity index (χ1v) is 10.9. The number of likely N-dealkylation sites (N-methyl/N-ethyl adjacent to an activating group) is 1. The molecule has 1 aliphatic rings. The number of carbonyl (C=O) groups is 2. The molecule has 1 aromatic rings. The van der Waals surface area contributed by atoms with Crippen molar-refractivity contribution in [3.63, 3.8) is 0 Å². The largest absolute Gasteiger partial charge is 0.452 e. The van der Waals surface area contributed by atoms with Crippen LogP contribution in [0.3, 0.4) is 0 Å². The summed E-state index contributed by atoms with van der Waals surface area (Å²) in [4.78, 5) is 26.1. The quantitative estimate of drug-likeness (QED) is 0.469. The first-order chi connectivity index (χ1) is 13.2. The van der Waals surface area contributed by atoms with E-state index in [1.54, 1.807) is 6.92 Å². The molecule has 9 heteroatoms. The number of hydrogen-bond acceptors (Lipinski definition) is 5. The standard InChI is InChI=1S/C19H25ClN2O5S/c1-4-21(12-14(2)3)18(23)13-27-19(24)16-11-15(7-8-17(16)20)28(25,26)22-9-5-6-10-22/h7-8,11H,2,4-6,9-10,12-13H2,1,3H3. The summed E-state index contributed by atoms with van der Waals surface area (Å²) in [6.45, 7) is 8.65. The van der Waals surface area contributed by atoms with Crippen molar-refractivity contribution in [2.45, 2.75) is 31.6 Å². The zero-order valence-corrected chi connectivity index (χ0v) is 17.7. The molecule has 0 atom stereocenters. The van der Waals surface area contributed by atoms with Crippen LogP contribution < -0.4 is 0 Å². The highest BCUT2D eigenvalue weighted by molar-refractivity contribution is 7.89. The van der Waals surface area contributed by atoms with Gasteiger partial charge in [-0.15, -0.1) is 0 Å². The van der Waals surface area contributed by atoms with Crippen LogP contribution in [0.4, 0.5) is 0 Å². The minimum Gasteiger partial charge on any atom is -0.452 e. The van der Waals surface area contributed by atoms with E-state index >= 15 is 0 Å². The first-order valence-electron chi connectivity index (χ1n) is 9.05. The Morgan fingerprint density at radius 3 is 2.50 bits per heavy atom. The van der Waals surface area contributed by atoms with E-state index in [4.69, 9.17) is 16.3 Å². The summed E-state index contributed by atoms with van der Waals surface area (Å²) in [5.74, 6) is -1.21. The van der Waals surface area contributed by atoms with Crippen molar-refractivity contribution in [1.82, 2.24) is 9.21 Å². The highest BCUT2D eigenvalue weighted by Gasteiger charge is 2.28. The average Bonchev–Trinajstić information content (AvgIpc) is 3.19. The van der Waals surface area contributed by atoms with Crippen LogP contribution in [0.15, 0.2) is 35.2 Å². The molecule has 0 spiro atoms. The van der Waals surface area contributed by atoms with E-state index in [1.165, 1.54) is 27.4 Å². The van der Waals surface area contributed by atoms with Crippen LogP contribution in [0.5, 0.6) is 0 Å². The van der Waals surface area contributed by atoms with Crippen molar-refractivity contribution in [2.24, 2.45) is 0 Å². The fourth-order valence-electron chi connectivity index (χ4n) is 2.90. The highest BCUT2D eigenvalue weighted by Crippen LogP contribution is 2.25. The van der Waals surface area contributed by atoms with Gasteiger partial charge < -0.3 is 9.64 Å². The van der Waals surface area contributed by atoms with Crippen LogP contribution in [0.25, 0.3) is 0 Å². The third-order valence-corrected chi connectivity index (χ3v) is 6.61. The molecular weight excluding hydrogens is 404 g/mol. The number of hydrogen-bond donors (Lipinski definition) is 0. The molecule has 154 valence electrons. The van der Waals surface area contributed by atoms with Crippen molar-refractivity contribution in [3.8, 4) is 0 Å². The van der Waals surface area contributed by atoms with Gasteiger partial charge in [0.25, 0.3) is 5.91 Å². The molecule has 7 nitrogen and oxygen atoms in total. The molecule has 1 aliphatic heterocycles. The molecule has 0 aromatic heterocycles. The minimum atomic E-state index is -3.69. The normalized spacial score (nSPS) is 14.7. The second-order valence-electron chi connectivity index (χ2n) is 6.69. The van der Waals surface area contributed by atoms with E-state index < -0.39 is 22.6 Å². The third kappa shape index (κ3) is 5.33. The van der Waals surface area contributed by atoms with Gasteiger partial charge in [0, 0.05) is 26.2 Å². The third-order valence-electron chi connectivity index (χ3n) is 4.38. The van der Waals surface area contributed by atoms with Gasteiger partial charge in [-0.25, -0.2) is 13.2 Å². The van der Waals surface area contributed by atoms with Gasteiger partial charge in [-0.1, -0.05) is 23.8 Å². The SMILES string of the molecule is C=C(C)CN(CC)C(=O)COC(=O)c1cc(S(=O)(=O)N2CCCC2)ccc1Cl. The van der Waals surface area contributed by atoms with Gasteiger partial charge in [0.05, 0.1) is 15.5 Å². The van der Waals surface area contributed by atoms with Gasteiger partial charge in [-0.3, -0.25) is 4.79 Å². The Balaban J connectivity index is 2.13. The molecule has 0 aliphatic carbocycles. The van der Waals surface area contributed by atoms with Crippen molar-refractivity contribution < 1.29 is 22.7 Å². The van der Waals surface area contributed by atoms with Crippen LogP contribution in [-0.2, 0) is 19.6 Å². The molecule has 0 saturated carbocycles.